The van der Waals surface area contributed by atoms with E-state index in [0.29, 0.717) is 83.5 Å². The van der Waals surface area contributed by atoms with Crippen LogP contribution in [0.25, 0.3) is 0 Å². The van der Waals surface area contributed by atoms with Crippen molar-refractivity contribution in [2.24, 2.45) is 96.1 Å². The van der Waals surface area contributed by atoms with Crippen molar-refractivity contribution < 1.29 is 92.2 Å². The van der Waals surface area contributed by atoms with Gasteiger partial charge in [-0.15, -0.1) is 0 Å². The normalized spacial score (nSPS) is 17.0. The van der Waals surface area contributed by atoms with E-state index in [2.05, 4.69) is 0 Å². The van der Waals surface area contributed by atoms with E-state index >= 15 is 0 Å². The van der Waals surface area contributed by atoms with E-state index in [1.165, 1.54) is 48.5 Å². The van der Waals surface area contributed by atoms with Crippen LogP contribution in [0, 0.1) is 96.1 Å². The minimum Gasteiger partial charge on any atom is -0.171 e. The minimum absolute atomic E-state index is 0.0524. The Hall–Kier alpha value is -1.47. The topological polar surface area (TPSA) is 0 Å². The monoisotopic (exact) mass is 1490 g/mol. The number of rotatable bonds is 31. The predicted octanol–water partition coefficient (Wildman–Crippen LogP) is 33.5. The summed E-state index contributed by atoms with van der Waals surface area (Å²) in [5, 5.41) is 0. The molecule has 0 bridgehead atoms. The molecule has 0 saturated heterocycles. The summed E-state index contributed by atoms with van der Waals surface area (Å²) < 4.78 is 272. The Labute approximate surface area is 592 Å². The van der Waals surface area contributed by atoms with Crippen LogP contribution in [0.4, 0.5) is 92.2 Å². The molecule has 0 aromatic heterocycles. The molecule has 0 aliphatic carbocycles. The molecule has 21 heteroatoms. The minimum atomic E-state index is -4.11. The molecule has 0 unspecified atom stereocenters. The summed E-state index contributed by atoms with van der Waals surface area (Å²) in [6.45, 7) is 56.7. The van der Waals surface area contributed by atoms with Gasteiger partial charge in [-0.05, 0) is 135 Å². The van der Waals surface area contributed by atoms with Gasteiger partial charge in [0.1, 0.15) is 0 Å². The molecule has 608 valence electrons. The molecule has 0 aliphatic rings. The third-order valence-electron chi connectivity index (χ3n) is 24.5. The molecular weight excluding hydrogens is 1340 g/mol. The second-order valence-electron chi connectivity index (χ2n) is 31.8. The summed E-state index contributed by atoms with van der Waals surface area (Å²) in [7, 11) is 0. The highest BCUT2D eigenvalue weighted by Gasteiger charge is 2.62. The van der Waals surface area contributed by atoms with Gasteiger partial charge >= 0.3 is 43.2 Å². The molecule has 0 rings (SSSR count). The summed E-state index contributed by atoms with van der Waals surface area (Å²) in [6.07, 6.45) is -19.4. The van der Waals surface area contributed by atoms with E-state index in [1.54, 1.807) is 48.5 Å². The highest BCUT2D eigenvalue weighted by Crippen LogP contribution is 2.59. The van der Waals surface area contributed by atoms with E-state index in [9.17, 15) is 92.2 Å². The molecule has 6 atom stereocenters. The lowest BCUT2D eigenvalue weighted by molar-refractivity contribution is -0.261. The summed E-state index contributed by atoms with van der Waals surface area (Å²) in [4.78, 5) is 0. The number of alkyl halides is 21. The van der Waals surface area contributed by atoms with Crippen molar-refractivity contribution in [3.8, 4) is 0 Å². The Morgan fingerprint density at radius 2 is 0.424 bits per heavy atom. The first-order valence-electron chi connectivity index (χ1n) is 37.5. The maximum atomic E-state index is 13.3. The average molecular weight is 1490 g/mol. The molecule has 0 spiro atoms. The highest BCUT2D eigenvalue weighted by atomic mass is 19.4. The van der Waals surface area contributed by atoms with Crippen molar-refractivity contribution in [2.75, 3.05) is 0 Å². The summed E-state index contributed by atoms with van der Waals surface area (Å²) in [5.41, 5.74) is -12.0. The van der Waals surface area contributed by atoms with Gasteiger partial charge in [0.25, 0.3) is 0 Å². The number of halogens is 21. The lowest BCUT2D eigenvalue weighted by Crippen LogP contribution is -2.48. The van der Waals surface area contributed by atoms with Crippen LogP contribution in [0.1, 0.15) is 363 Å². The Kier molecular flexibility index (Phi) is 50.7. The maximum Gasteiger partial charge on any atom is 0.394 e. The quantitative estimate of drug-likeness (QED) is 0.0607. The number of hydrogen-bond donors (Lipinski definition) is 0. The third kappa shape index (κ3) is 30.4. The Balaban J connectivity index is -0.000000200. The van der Waals surface area contributed by atoms with E-state index in [0.717, 1.165) is 0 Å². The molecule has 0 heterocycles. The fourth-order valence-electron chi connectivity index (χ4n) is 16.1. The molecule has 0 N–H and O–H groups in total. The second kappa shape index (κ2) is 45.2. The van der Waals surface area contributed by atoms with Crippen LogP contribution in [0.3, 0.4) is 0 Å². The third-order valence-corrected chi connectivity index (χ3v) is 24.5. The van der Waals surface area contributed by atoms with E-state index in [-0.39, 0.29) is 98.7 Å². The molecule has 0 amide bonds. The van der Waals surface area contributed by atoms with Gasteiger partial charge in [-0.2, -0.15) is 92.2 Å². The Morgan fingerprint density at radius 3 is 0.566 bits per heavy atom. The summed E-state index contributed by atoms with van der Waals surface area (Å²) in [6, 6.07) is 0. The molecule has 0 nitrogen and oxygen atoms in total. The van der Waals surface area contributed by atoms with Crippen molar-refractivity contribution >= 4 is 0 Å². The lowest BCUT2D eigenvalue weighted by Gasteiger charge is -2.47. The predicted molar refractivity (Wildman–Crippen MR) is 376 cm³/mol. The van der Waals surface area contributed by atoms with Crippen molar-refractivity contribution in [2.45, 2.75) is 407 Å². The molecule has 99 heavy (non-hydrogen) atoms. The zero-order valence-electron chi connectivity index (χ0n) is 68.4. The first kappa shape index (κ1) is 111. The van der Waals surface area contributed by atoms with Gasteiger partial charge in [0.05, 0.1) is 37.9 Å². The van der Waals surface area contributed by atoms with Gasteiger partial charge in [0, 0.05) is 0 Å². The Morgan fingerprint density at radius 1 is 0.202 bits per heavy atom. The fraction of sp³-hybridized carbons (Fsp3) is 1.00. The van der Waals surface area contributed by atoms with Crippen molar-refractivity contribution in [1.82, 2.24) is 0 Å². The first-order chi connectivity index (χ1) is 44.0. The molecule has 0 aromatic carbocycles. The van der Waals surface area contributed by atoms with Crippen molar-refractivity contribution in [1.29, 1.82) is 0 Å². The molecule has 0 radical (unpaired) electrons. The van der Waals surface area contributed by atoms with Crippen molar-refractivity contribution in [3.63, 3.8) is 0 Å². The van der Waals surface area contributed by atoms with Gasteiger partial charge in [0.2, 0.25) is 0 Å². The van der Waals surface area contributed by atoms with Crippen LogP contribution < -0.4 is 0 Å². The van der Waals surface area contributed by atoms with Crippen LogP contribution in [0.15, 0.2) is 0 Å². The largest absolute Gasteiger partial charge is 0.394 e. The SMILES string of the molecule is CCC(C)(CC)[C@](C)(CC)C(F)(F)F.CCC(CC)[C@](C)(CC)C(F)(F)F.CCCC(C)(CCC)C(F)(F)F.CCC[C@@](C)(C(C(C)C)C(C)C)C(F)(F)F.CCC[C@@](C)(C(CC)CC)C(F)(F)F.CCC[C@](C)(C(F)(F)F)C(C)(CC)CC.CC[C@@](C)(C(C(C)C)C(C)C)C(F)(F)F. The summed E-state index contributed by atoms with van der Waals surface area (Å²) >= 11 is 0. The van der Waals surface area contributed by atoms with Crippen LogP contribution >= 0.6 is 0 Å². The highest BCUT2D eigenvalue weighted by molar-refractivity contribution is 4.98. The number of hydrogen-bond acceptors (Lipinski definition) is 0. The average Bonchev–Trinajstić information content (AvgIpc) is 0.392. The zero-order chi connectivity index (χ0) is 81.5. The van der Waals surface area contributed by atoms with Gasteiger partial charge in [0.15, 0.2) is 0 Å². The molecule has 0 aromatic rings. The molecule has 0 aliphatic heterocycles. The van der Waals surface area contributed by atoms with Gasteiger partial charge in [-0.3, -0.25) is 0 Å². The molecule has 0 saturated carbocycles. The van der Waals surface area contributed by atoms with Crippen LogP contribution in [0.2, 0.25) is 0 Å². The first-order valence-corrected chi connectivity index (χ1v) is 37.5. The van der Waals surface area contributed by atoms with Gasteiger partial charge in [-0.1, -0.05) is 286 Å². The second-order valence-corrected chi connectivity index (χ2v) is 31.8. The fourth-order valence-corrected chi connectivity index (χ4v) is 16.1. The molecule has 0 fully saturated rings. The van der Waals surface area contributed by atoms with Gasteiger partial charge < -0.3 is 0 Å². The van der Waals surface area contributed by atoms with E-state index < -0.39 is 92.0 Å². The van der Waals surface area contributed by atoms with Gasteiger partial charge in [-0.25, -0.2) is 0 Å². The maximum absolute atomic E-state index is 13.3. The van der Waals surface area contributed by atoms with E-state index in [1.807, 2.05) is 132 Å². The van der Waals surface area contributed by atoms with Crippen LogP contribution in [0.5, 0.6) is 0 Å². The summed E-state index contributed by atoms with van der Waals surface area (Å²) in [5.74, 6) is -0.917. The Bertz CT molecular complexity index is 1970. The van der Waals surface area contributed by atoms with E-state index in [4.69, 9.17) is 0 Å². The van der Waals surface area contributed by atoms with Crippen molar-refractivity contribution in [3.05, 3.63) is 0 Å². The van der Waals surface area contributed by atoms with Crippen LogP contribution in [-0.2, 0) is 0 Å². The van der Waals surface area contributed by atoms with Crippen LogP contribution in [-0.4, -0.2) is 43.2 Å². The standard InChI is InChI=1S/C13H25F3.2C12H23F3.2C11H21F3.C10H19F3.C9H17F3/c1-7-8-12(6,13(14,15)16)11(9(2)3)10(4)5;1-7-11(6,12(13,14)15)10(8(2)3)9(4)5;1-6-9-11(5,12(13,14)15)10(4,7-2)8-3;1-6-9(4,7-2)10(5,8-3)11(12,13)14;1-5-8-10(4,11(12,13)14)9(6-2)7-3;1-5-8(6-2)9(4,7-3)10(11,12)13;1-4-6-8(3,7-5-2)9(10,11)12/h9-11H,7-8H2,1-6H3;8-10H,7H2,1-6H3;6-9H2,1-5H3;6-8H2,1-5H3;9H,5-8H2,1-4H3;8H,5-7H2,1-4H3;4-7H2,1-3H3/t12-;2*11-;2*10-;9-;/m000000./s1. The smallest absolute Gasteiger partial charge is 0.171 e. The zero-order valence-corrected chi connectivity index (χ0v) is 68.4. The lowest BCUT2D eigenvalue weighted by atomic mass is 9.60. The molecular formula is C78H149F21.